The lowest BCUT2D eigenvalue weighted by atomic mass is 10.2. The van der Waals surface area contributed by atoms with Crippen molar-refractivity contribution in [3.8, 4) is 0 Å². The average Bonchev–Trinajstić information content (AvgIpc) is 3.07. The van der Waals surface area contributed by atoms with Gasteiger partial charge in [-0.3, -0.25) is 14.9 Å². The van der Waals surface area contributed by atoms with E-state index in [0.29, 0.717) is 5.13 Å². The van der Waals surface area contributed by atoms with Gasteiger partial charge < -0.3 is 4.57 Å². The Labute approximate surface area is 167 Å². The molecule has 10 heteroatoms. The molecule has 1 N–H and O–H groups in total. The summed E-state index contributed by atoms with van der Waals surface area (Å²) in [5.41, 5.74) is 0.0505. The molecule has 0 unspecified atom stereocenters. The number of rotatable bonds is 6. The molecule has 2 aromatic heterocycles. The van der Waals surface area contributed by atoms with E-state index in [1.165, 1.54) is 58.1 Å². The van der Waals surface area contributed by atoms with E-state index in [1.54, 1.807) is 6.07 Å². The highest BCUT2D eigenvalue weighted by molar-refractivity contribution is 8.01. The second-order valence-electron chi connectivity index (χ2n) is 5.34. The maximum atomic E-state index is 14.0. The van der Waals surface area contributed by atoms with Crippen LogP contribution in [0.5, 0.6) is 0 Å². The lowest BCUT2D eigenvalue weighted by Gasteiger charge is -2.10. The molecule has 0 aliphatic heterocycles. The summed E-state index contributed by atoms with van der Waals surface area (Å²) in [6, 6.07) is 6.95. The Kier molecular flexibility index (Phi) is 6.25. The van der Waals surface area contributed by atoms with Crippen molar-refractivity contribution < 1.29 is 9.18 Å². The minimum atomic E-state index is -0.515. The summed E-state index contributed by atoms with van der Waals surface area (Å²) in [7, 11) is 0. The Hall–Kier alpha value is -2.23. The topological polar surface area (TPSA) is 76.9 Å². The van der Waals surface area contributed by atoms with Crippen LogP contribution in [0.1, 0.15) is 22.8 Å². The Morgan fingerprint density at radius 2 is 2.15 bits per heavy atom. The van der Waals surface area contributed by atoms with Gasteiger partial charge >= 0.3 is 0 Å². The van der Waals surface area contributed by atoms with Crippen LogP contribution < -0.4 is 10.9 Å². The van der Waals surface area contributed by atoms with Gasteiger partial charge in [-0.05, 0) is 24.0 Å². The van der Waals surface area contributed by atoms with E-state index in [1.807, 2.05) is 6.92 Å². The quantitative estimate of drug-likeness (QED) is 0.479. The highest BCUT2D eigenvalue weighted by atomic mass is 35.5. The third-order valence-corrected chi connectivity index (χ3v) is 5.74. The Morgan fingerprint density at radius 3 is 2.89 bits per heavy atom. The number of hydrogen-bond acceptors (Lipinski definition) is 6. The molecular formula is C17H14ClFN4O2S2. The second-order valence-corrected chi connectivity index (χ2v) is 8.24. The molecule has 0 aliphatic rings. The van der Waals surface area contributed by atoms with Gasteiger partial charge in [0.25, 0.3) is 11.5 Å². The molecule has 1 aromatic carbocycles. The van der Waals surface area contributed by atoms with Crippen LogP contribution in [-0.2, 0) is 6.54 Å². The fourth-order valence-electron chi connectivity index (χ4n) is 2.25. The van der Waals surface area contributed by atoms with E-state index in [0.717, 1.165) is 10.1 Å². The predicted molar refractivity (Wildman–Crippen MR) is 105 cm³/mol. The van der Waals surface area contributed by atoms with E-state index in [2.05, 4.69) is 15.5 Å². The number of thioether (sulfide) groups is 1. The smallest absolute Gasteiger partial charge is 0.258 e. The fourth-order valence-corrected chi connectivity index (χ4v) is 4.12. The molecule has 0 radical (unpaired) electrons. The summed E-state index contributed by atoms with van der Waals surface area (Å²) in [5.74, 6) is -0.0989. The molecule has 27 heavy (non-hydrogen) atoms. The molecule has 0 atom stereocenters. The van der Waals surface area contributed by atoms with Crippen LogP contribution in [0.2, 0.25) is 5.02 Å². The highest BCUT2D eigenvalue weighted by Gasteiger charge is 2.13. The molecule has 0 fully saturated rings. The summed E-state index contributed by atoms with van der Waals surface area (Å²) in [6.07, 6.45) is 1.36. The van der Waals surface area contributed by atoms with Crippen LogP contribution in [0.3, 0.4) is 0 Å². The van der Waals surface area contributed by atoms with E-state index < -0.39 is 11.7 Å². The predicted octanol–water partition coefficient (Wildman–Crippen LogP) is 3.90. The van der Waals surface area contributed by atoms with Crippen LogP contribution in [0, 0.1) is 5.82 Å². The van der Waals surface area contributed by atoms with Gasteiger partial charge in [0.2, 0.25) is 5.13 Å². The maximum Gasteiger partial charge on any atom is 0.258 e. The molecule has 1 amide bonds. The van der Waals surface area contributed by atoms with Crippen LogP contribution in [0.15, 0.2) is 45.7 Å². The zero-order valence-electron chi connectivity index (χ0n) is 14.1. The zero-order valence-corrected chi connectivity index (χ0v) is 16.5. The summed E-state index contributed by atoms with van der Waals surface area (Å²) in [6.45, 7) is 1.91. The van der Waals surface area contributed by atoms with Crippen molar-refractivity contribution in [2.75, 3.05) is 11.1 Å². The zero-order chi connectivity index (χ0) is 19.4. The van der Waals surface area contributed by atoms with Crippen molar-refractivity contribution in [3.63, 3.8) is 0 Å². The lowest BCUT2D eigenvalue weighted by molar-refractivity contribution is 0.102. The first kappa shape index (κ1) is 19.5. The SMILES string of the molecule is CCSc1nnc(NC(=O)c2ccc(=O)n(Cc3c(F)cccc3Cl)c2)s1. The molecule has 3 aromatic rings. The first-order chi connectivity index (χ1) is 13.0. The molecule has 2 heterocycles. The number of amides is 1. The van der Waals surface area contributed by atoms with E-state index >= 15 is 0 Å². The minimum absolute atomic E-state index is 0.0818. The molecule has 0 saturated carbocycles. The number of pyridine rings is 1. The van der Waals surface area contributed by atoms with Crippen molar-refractivity contribution in [2.45, 2.75) is 17.8 Å². The number of carbonyl (C=O) groups is 1. The Bertz CT molecular complexity index is 1020. The first-order valence-electron chi connectivity index (χ1n) is 7.89. The van der Waals surface area contributed by atoms with Crippen LogP contribution >= 0.6 is 34.7 Å². The monoisotopic (exact) mass is 424 g/mol. The molecule has 0 bridgehead atoms. The number of halogens is 2. The average molecular weight is 425 g/mol. The molecule has 0 spiro atoms. The molecule has 3 rings (SSSR count). The van der Waals surface area contributed by atoms with Gasteiger partial charge in [0, 0.05) is 22.8 Å². The number of aromatic nitrogens is 3. The minimum Gasteiger partial charge on any atom is -0.310 e. The standard InChI is InChI=1S/C17H14ClFN4O2S2/c1-2-26-17-22-21-16(27-17)20-15(25)10-6-7-14(24)23(8-10)9-11-12(18)4-3-5-13(11)19/h3-8H,2,9H2,1H3,(H,20,21,25). The summed E-state index contributed by atoms with van der Waals surface area (Å²) >= 11 is 8.81. The van der Waals surface area contributed by atoms with Crippen LogP contribution in [-0.4, -0.2) is 26.4 Å². The van der Waals surface area contributed by atoms with Crippen molar-refractivity contribution in [1.82, 2.24) is 14.8 Å². The van der Waals surface area contributed by atoms with Crippen molar-refractivity contribution >= 4 is 45.7 Å². The molecule has 140 valence electrons. The second kappa shape index (κ2) is 8.64. The number of nitrogens with one attached hydrogen (secondary N) is 1. The molecule has 0 saturated heterocycles. The number of hydrogen-bond donors (Lipinski definition) is 1. The van der Waals surface area contributed by atoms with Crippen molar-refractivity contribution in [1.29, 1.82) is 0 Å². The maximum absolute atomic E-state index is 14.0. The van der Waals surface area contributed by atoms with Crippen LogP contribution in [0.4, 0.5) is 9.52 Å². The van der Waals surface area contributed by atoms with E-state index in [9.17, 15) is 14.0 Å². The third kappa shape index (κ3) is 4.74. The summed E-state index contributed by atoms with van der Waals surface area (Å²) in [5, 5.41) is 11.1. The van der Waals surface area contributed by atoms with E-state index in [4.69, 9.17) is 11.6 Å². The van der Waals surface area contributed by atoms with Gasteiger partial charge in [0.05, 0.1) is 12.1 Å². The van der Waals surface area contributed by atoms with Crippen molar-refractivity contribution in [3.05, 3.63) is 68.8 Å². The number of carbonyl (C=O) groups excluding carboxylic acids is 1. The van der Waals surface area contributed by atoms with Crippen LogP contribution in [0.25, 0.3) is 0 Å². The lowest BCUT2D eigenvalue weighted by Crippen LogP contribution is -2.23. The van der Waals surface area contributed by atoms with Gasteiger partial charge in [0.15, 0.2) is 4.34 Å². The number of nitrogens with zero attached hydrogens (tertiary/aromatic N) is 3. The Morgan fingerprint density at radius 1 is 1.33 bits per heavy atom. The summed E-state index contributed by atoms with van der Waals surface area (Å²) in [4.78, 5) is 24.5. The van der Waals surface area contributed by atoms with Gasteiger partial charge in [-0.1, -0.05) is 47.7 Å². The van der Waals surface area contributed by atoms with Gasteiger partial charge in [0.1, 0.15) is 5.82 Å². The third-order valence-electron chi connectivity index (χ3n) is 3.53. The fraction of sp³-hybridized carbons (Fsp3) is 0.176. The number of anilines is 1. The molecular weight excluding hydrogens is 411 g/mol. The Balaban J connectivity index is 1.81. The van der Waals surface area contributed by atoms with Gasteiger partial charge in [-0.2, -0.15) is 0 Å². The number of benzene rings is 1. The van der Waals surface area contributed by atoms with Gasteiger partial charge in [-0.15, -0.1) is 10.2 Å². The normalized spacial score (nSPS) is 10.8. The molecule has 6 nitrogen and oxygen atoms in total. The van der Waals surface area contributed by atoms with Gasteiger partial charge in [-0.25, -0.2) is 4.39 Å². The summed E-state index contributed by atoms with van der Waals surface area (Å²) < 4.78 is 16.0. The molecule has 0 aliphatic carbocycles. The van der Waals surface area contributed by atoms with E-state index in [-0.39, 0.29) is 28.3 Å². The largest absolute Gasteiger partial charge is 0.310 e. The highest BCUT2D eigenvalue weighted by Crippen LogP contribution is 2.25. The van der Waals surface area contributed by atoms with Crippen molar-refractivity contribution in [2.24, 2.45) is 0 Å². The first-order valence-corrected chi connectivity index (χ1v) is 10.1.